The number of nitrogens with two attached hydrogens (primary N) is 1. The maximum absolute atomic E-state index is 12.1. The van der Waals surface area contributed by atoms with E-state index in [9.17, 15) is 23.1 Å². The predicted molar refractivity (Wildman–Crippen MR) is 75.6 cm³/mol. The lowest BCUT2D eigenvalue weighted by Crippen LogP contribution is -2.45. The first-order valence-electron chi connectivity index (χ1n) is 6.25. The summed E-state index contributed by atoms with van der Waals surface area (Å²) in [5.74, 6) is -1.42. The lowest BCUT2D eigenvalue weighted by molar-refractivity contribution is -0.139. The van der Waals surface area contributed by atoms with Gasteiger partial charge >= 0.3 is 12.0 Å². The van der Waals surface area contributed by atoms with Gasteiger partial charge in [-0.25, -0.2) is 13.2 Å². The van der Waals surface area contributed by atoms with Crippen LogP contribution in [0, 0.1) is 0 Å². The third-order valence-electron chi connectivity index (χ3n) is 3.88. The SMILES string of the molecule is C[C@@](CCN1Cc2cc(N)cn2C1=O)(C(=O)O)S(C)(=O)=O. The topological polar surface area (TPSA) is 123 Å². The van der Waals surface area contributed by atoms with Crippen LogP contribution in [-0.2, 0) is 21.2 Å². The number of amides is 1. The molecule has 1 aliphatic heterocycles. The highest BCUT2D eigenvalue weighted by atomic mass is 32.2. The molecule has 0 bridgehead atoms. The Bertz CT molecular complexity index is 708. The molecule has 116 valence electrons. The molecule has 9 heteroatoms. The average molecular weight is 315 g/mol. The molecule has 2 heterocycles. The van der Waals surface area contributed by atoms with Gasteiger partial charge in [-0.15, -0.1) is 0 Å². The molecule has 0 aliphatic carbocycles. The molecule has 0 radical (unpaired) electrons. The number of aliphatic carboxylic acids is 1. The third kappa shape index (κ3) is 2.48. The number of aromatic nitrogens is 1. The number of carbonyl (C=O) groups excluding carboxylic acids is 1. The van der Waals surface area contributed by atoms with Crippen molar-refractivity contribution in [3.8, 4) is 0 Å². The quantitative estimate of drug-likeness (QED) is 0.796. The van der Waals surface area contributed by atoms with E-state index in [4.69, 9.17) is 5.73 Å². The molecule has 0 unspecified atom stereocenters. The van der Waals surface area contributed by atoms with E-state index in [1.165, 1.54) is 15.7 Å². The van der Waals surface area contributed by atoms with Crippen molar-refractivity contribution in [2.24, 2.45) is 0 Å². The highest BCUT2D eigenvalue weighted by Gasteiger charge is 2.44. The summed E-state index contributed by atoms with van der Waals surface area (Å²) < 4.78 is 22.8. The van der Waals surface area contributed by atoms with Crippen LogP contribution in [0.4, 0.5) is 10.5 Å². The molecule has 2 rings (SSSR count). The number of hydrogen-bond donors (Lipinski definition) is 2. The fraction of sp³-hybridized carbons (Fsp3) is 0.500. The minimum absolute atomic E-state index is 0.0380. The molecule has 1 atom stereocenters. The number of hydrogen-bond acceptors (Lipinski definition) is 5. The zero-order valence-corrected chi connectivity index (χ0v) is 12.6. The minimum Gasteiger partial charge on any atom is -0.480 e. The summed E-state index contributed by atoms with van der Waals surface area (Å²) in [4.78, 5) is 24.7. The normalized spacial score (nSPS) is 17.6. The third-order valence-corrected chi connectivity index (χ3v) is 5.90. The molecule has 0 aromatic carbocycles. The van der Waals surface area contributed by atoms with E-state index in [0.29, 0.717) is 11.4 Å². The minimum atomic E-state index is -3.80. The Morgan fingerprint density at radius 3 is 2.62 bits per heavy atom. The van der Waals surface area contributed by atoms with Gasteiger partial charge in [-0.05, 0) is 19.4 Å². The van der Waals surface area contributed by atoms with Crippen molar-refractivity contribution < 1.29 is 23.1 Å². The van der Waals surface area contributed by atoms with Crippen molar-refractivity contribution in [1.82, 2.24) is 9.47 Å². The molecular weight excluding hydrogens is 298 g/mol. The first-order chi connectivity index (χ1) is 9.56. The number of sulfone groups is 1. The predicted octanol–water partition coefficient (Wildman–Crippen LogP) is 0.132. The molecule has 0 fully saturated rings. The Morgan fingerprint density at radius 1 is 1.52 bits per heavy atom. The van der Waals surface area contributed by atoms with Crippen LogP contribution in [0.2, 0.25) is 0 Å². The van der Waals surface area contributed by atoms with Crippen molar-refractivity contribution >= 4 is 27.5 Å². The number of rotatable bonds is 5. The van der Waals surface area contributed by atoms with E-state index in [0.717, 1.165) is 13.2 Å². The van der Waals surface area contributed by atoms with Crippen molar-refractivity contribution in [1.29, 1.82) is 0 Å². The van der Waals surface area contributed by atoms with Crippen molar-refractivity contribution in [3.63, 3.8) is 0 Å². The van der Waals surface area contributed by atoms with Gasteiger partial charge in [0.05, 0.1) is 12.2 Å². The van der Waals surface area contributed by atoms with Gasteiger partial charge in [0.15, 0.2) is 14.6 Å². The molecule has 3 N–H and O–H groups in total. The smallest absolute Gasteiger partial charge is 0.328 e. The monoisotopic (exact) mass is 315 g/mol. The maximum Gasteiger partial charge on any atom is 0.328 e. The van der Waals surface area contributed by atoms with Gasteiger partial charge in [0, 0.05) is 24.7 Å². The number of fused-ring (bicyclic) bond motifs is 1. The standard InChI is InChI=1S/C12H17N3O5S/c1-12(10(16)17,21(2,19)20)3-4-14-7-9-5-8(13)6-15(9)11(14)18/h5-6H,3-4,7,13H2,1-2H3,(H,16,17)/t12-/m1/s1. The summed E-state index contributed by atoms with van der Waals surface area (Å²) in [5.41, 5.74) is 6.77. The van der Waals surface area contributed by atoms with Gasteiger partial charge in [0.2, 0.25) is 0 Å². The number of nitrogen functional groups attached to an aromatic ring is 1. The van der Waals surface area contributed by atoms with E-state index in [2.05, 4.69) is 0 Å². The Hall–Kier alpha value is -2.03. The van der Waals surface area contributed by atoms with E-state index in [1.54, 1.807) is 6.07 Å². The molecule has 0 saturated carbocycles. The molecule has 1 aliphatic rings. The van der Waals surface area contributed by atoms with Crippen LogP contribution in [0.3, 0.4) is 0 Å². The molecule has 8 nitrogen and oxygen atoms in total. The number of carboxylic acid groups (broad SMARTS) is 1. The van der Waals surface area contributed by atoms with Crippen LogP contribution in [0.5, 0.6) is 0 Å². The van der Waals surface area contributed by atoms with Crippen LogP contribution in [0.1, 0.15) is 19.0 Å². The number of carboxylic acids is 1. The second-order valence-electron chi connectivity index (χ2n) is 5.40. The molecule has 1 aromatic rings. The Balaban J connectivity index is 2.13. The van der Waals surface area contributed by atoms with Gasteiger partial charge < -0.3 is 15.7 Å². The summed E-state index contributed by atoms with van der Waals surface area (Å²) >= 11 is 0. The largest absolute Gasteiger partial charge is 0.480 e. The molecular formula is C12H17N3O5S. The fourth-order valence-corrected chi connectivity index (χ4v) is 3.00. The van der Waals surface area contributed by atoms with Crippen LogP contribution >= 0.6 is 0 Å². The van der Waals surface area contributed by atoms with Gasteiger partial charge in [0.1, 0.15) is 0 Å². The van der Waals surface area contributed by atoms with E-state index >= 15 is 0 Å². The number of nitrogens with zero attached hydrogens (tertiary/aromatic N) is 2. The highest BCUT2D eigenvalue weighted by molar-refractivity contribution is 7.92. The highest BCUT2D eigenvalue weighted by Crippen LogP contribution is 2.25. The fourth-order valence-electron chi connectivity index (χ4n) is 2.22. The van der Waals surface area contributed by atoms with Crippen LogP contribution in [0.25, 0.3) is 0 Å². The lowest BCUT2D eigenvalue weighted by Gasteiger charge is -2.25. The molecule has 1 aromatic heterocycles. The molecule has 0 saturated heterocycles. The number of carbonyl (C=O) groups is 2. The zero-order valence-electron chi connectivity index (χ0n) is 11.7. The zero-order chi connectivity index (χ0) is 16.0. The molecule has 0 spiro atoms. The summed E-state index contributed by atoms with van der Waals surface area (Å²) in [5, 5.41) is 9.17. The first kappa shape index (κ1) is 15.4. The van der Waals surface area contributed by atoms with E-state index in [-0.39, 0.29) is 25.5 Å². The van der Waals surface area contributed by atoms with Crippen LogP contribution < -0.4 is 5.73 Å². The maximum atomic E-state index is 12.1. The van der Waals surface area contributed by atoms with Crippen LogP contribution in [0.15, 0.2) is 12.3 Å². The van der Waals surface area contributed by atoms with Crippen molar-refractivity contribution in [2.45, 2.75) is 24.6 Å². The van der Waals surface area contributed by atoms with Crippen molar-refractivity contribution in [3.05, 3.63) is 18.0 Å². The molecule has 21 heavy (non-hydrogen) atoms. The van der Waals surface area contributed by atoms with E-state index < -0.39 is 20.6 Å². The van der Waals surface area contributed by atoms with Gasteiger partial charge in [-0.2, -0.15) is 0 Å². The summed E-state index contributed by atoms with van der Waals surface area (Å²) in [6.45, 7) is 1.48. The number of anilines is 1. The summed E-state index contributed by atoms with van der Waals surface area (Å²) in [7, 11) is -3.80. The van der Waals surface area contributed by atoms with Gasteiger partial charge in [-0.3, -0.25) is 9.36 Å². The Labute approximate surface area is 122 Å². The molecule has 1 amide bonds. The first-order valence-corrected chi connectivity index (χ1v) is 8.14. The second-order valence-corrected chi connectivity index (χ2v) is 7.84. The van der Waals surface area contributed by atoms with E-state index in [1.807, 2.05) is 0 Å². The van der Waals surface area contributed by atoms with Gasteiger partial charge in [-0.1, -0.05) is 0 Å². The summed E-state index contributed by atoms with van der Waals surface area (Å²) in [6, 6.07) is 1.33. The summed E-state index contributed by atoms with van der Waals surface area (Å²) in [6.07, 6.45) is 2.20. The van der Waals surface area contributed by atoms with Crippen LogP contribution in [-0.4, -0.2) is 52.5 Å². The Kier molecular flexibility index (Phi) is 3.48. The lowest BCUT2D eigenvalue weighted by atomic mass is 10.1. The second kappa shape index (κ2) is 4.76. The van der Waals surface area contributed by atoms with Crippen molar-refractivity contribution in [2.75, 3.05) is 18.5 Å². The Morgan fingerprint density at radius 2 is 2.14 bits per heavy atom. The van der Waals surface area contributed by atoms with Gasteiger partial charge in [0.25, 0.3) is 0 Å². The average Bonchev–Trinajstić information content (AvgIpc) is 2.83.